The van der Waals surface area contributed by atoms with E-state index in [1.807, 2.05) is 23.6 Å². The number of benzene rings is 1. The van der Waals surface area contributed by atoms with Gasteiger partial charge in [0.05, 0.1) is 17.1 Å². The SMILES string of the molecule is C=NCc1c(-c2ccccc2F)cc(-c2cccs2)nc1N. The molecule has 0 aliphatic rings. The lowest BCUT2D eigenvalue weighted by atomic mass is 9.98. The summed E-state index contributed by atoms with van der Waals surface area (Å²) in [5, 5.41) is 1.97. The highest BCUT2D eigenvalue weighted by Crippen LogP contribution is 2.34. The number of aromatic nitrogens is 1. The van der Waals surface area contributed by atoms with Gasteiger partial charge >= 0.3 is 0 Å². The van der Waals surface area contributed by atoms with Crippen molar-refractivity contribution in [3.8, 4) is 21.7 Å². The third-order valence-corrected chi connectivity index (χ3v) is 4.26. The van der Waals surface area contributed by atoms with Crippen molar-refractivity contribution in [2.45, 2.75) is 6.54 Å². The summed E-state index contributed by atoms with van der Waals surface area (Å²) in [6.45, 7) is 3.80. The second-order valence-electron chi connectivity index (χ2n) is 4.76. The summed E-state index contributed by atoms with van der Waals surface area (Å²) < 4.78 is 14.2. The predicted octanol–water partition coefficient (Wildman–Crippen LogP) is 4.40. The molecule has 0 aliphatic carbocycles. The normalized spacial score (nSPS) is 10.6. The van der Waals surface area contributed by atoms with E-state index >= 15 is 0 Å². The molecule has 0 saturated carbocycles. The van der Waals surface area contributed by atoms with Gasteiger partial charge in [-0.2, -0.15) is 0 Å². The Labute approximate surface area is 132 Å². The summed E-state index contributed by atoms with van der Waals surface area (Å²) >= 11 is 1.56. The number of nitrogens with zero attached hydrogens (tertiary/aromatic N) is 2. The molecular weight excluding hydrogens is 297 g/mol. The number of nitrogen functional groups attached to an aromatic ring is 1. The summed E-state index contributed by atoms with van der Waals surface area (Å²) in [5.74, 6) is 0.0621. The maximum atomic E-state index is 14.2. The van der Waals surface area contributed by atoms with Crippen molar-refractivity contribution in [3.05, 3.63) is 59.2 Å². The van der Waals surface area contributed by atoms with Crippen LogP contribution in [0.15, 0.2) is 52.8 Å². The first kappa shape index (κ1) is 14.4. The molecule has 0 fully saturated rings. The minimum atomic E-state index is -0.296. The highest BCUT2D eigenvalue weighted by molar-refractivity contribution is 7.13. The molecule has 5 heteroatoms. The van der Waals surface area contributed by atoms with Crippen molar-refractivity contribution in [1.29, 1.82) is 0 Å². The van der Waals surface area contributed by atoms with Crippen LogP contribution in [0, 0.1) is 5.82 Å². The summed E-state index contributed by atoms with van der Waals surface area (Å²) in [5.41, 5.74) is 8.72. The van der Waals surface area contributed by atoms with Gasteiger partial charge in [0.2, 0.25) is 0 Å². The predicted molar refractivity (Wildman–Crippen MR) is 90.6 cm³/mol. The van der Waals surface area contributed by atoms with Crippen molar-refractivity contribution in [2.75, 3.05) is 5.73 Å². The number of hydrogen-bond donors (Lipinski definition) is 1. The van der Waals surface area contributed by atoms with Crippen LogP contribution in [0.3, 0.4) is 0 Å². The molecule has 3 rings (SSSR count). The first-order valence-electron chi connectivity index (χ1n) is 6.71. The van der Waals surface area contributed by atoms with E-state index < -0.39 is 0 Å². The smallest absolute Gasteiger partial charge is 0.131 e. The number of rotatable bonds is 4. The van der Waals surface area contributed by atoms with E-state index in [0.717, 1.165) is 10.6 Å². The summed E-state index contributed by atoms with van der Waals surface area (Å²) in [6.07, 6.45) is 0. The second-order valence-corrected chi connectivity index (χ2v) is 5.71. The van der Waals surface area contributed by atoms with Crippen LogP contribution in [0.5, 0.6) is 0 Å². The van der Waals surface area contributed by atoms with Crippen molar-refractivity contribution < 1.29 is 4.39 Å². The van der Waals surface area contributed by atoms with E-state index in [-0.39, 0.29) is 5.82 Å². The van der Waals surface area contributed by atoms with E-state index in [9.17, 15) is 4.39 Å². The highest BCUT2D eigenvalue weighted by Gasteiger charge is 2.15. The summed E-state index contributed by atoms with van der Waals surface area (Å²) in [7, 11) is 0. The zero-order chi connectivity index (χ0) is 15.5. The van der Waals surface area contributed by atoms with Gasteiger partial charge in [-0.1, -0.05) is 24.3 Å². The molecule has 0 aliphatic heterocycles. The van der Waals surface area contributed by atoms with Gasteiger partial charge < -0.3 is 5.73 Å². The van der Waals surface area contributed by atoms with Crippen LogP contribution in [0.2, 0.25) is 0 Å². The number of pyridine rings is 1. The number of aliphatic imine (C=N–C) groups is 1. The number of hydrogen-bond acceptors (Lipinski definition) is 4. The Bertz CT molecular complexity index is 813. The van der Waals surface area contributed by atoms with Crippen molar-refractivity contribution in [2.24, 2.45) is 4.99 Å². The number of halogens is 1. The van der Waals surface area contributed by atoms with Crippen molar-refractivity contribution >= 4 is 23.9 Å². The lowest BCUT2D eigenvalue weighted by Gasteiger charge is -2.13. The molecule has 2 heterocycles. The monoisotopic (exact) mass is 311 g/mol. The Hall–Kier alpha value is -2.53. The van der Waals surface area contributed by atoms with Gasteiger partial charge in [0, 0.05) is 11.1 Å². The van der Waals surface area contributed by atoms with Crippen LogP contribution < -0.4 is 5.73 Å². The molecule has 2 aromatic heterocycles. The standard InChI is InChI=1S/C17H14FN3S/c1-20-10-13-12(11-5-2-3-6-14(11)18)9-15(21-17(13)19)16-7-4-8-22-16/h2-9H,1,10H2,(H2,19,21). The molecule has 0 unspecified atom stereocenters. The van der Waals surface area contributed by atoms with Gasteiger partial charge in [-0.15, -0.1) is 11.3 Å². The molecule has 0 atom stereocenters. The fourth-order valence-electron chi connectivity index (χ4n) is 2.34. The Morgan fingerprint density at radius 2 is 2.00 bits per heavy atom. The zero-order valence-electron chi connectivity index (χ0n) is 11.8. The Balaban J connectivity index is 2.25. The van der Waals surface area contributed by atoms with E-state index in [4.69, 9.17) is 5.73 Å². The molecule has 0 saturated heterocycles. The third-order valence-electron chi connectivity index (χ3n) is 3.36. The molecule has 110 valence electrons. The van der Waals surface area contributed by atoms with Crippen LogP contribution in [0.25, 0.3) is 21.7 Å². The van der Waals surface area contributed by atoms with E-state index in [1.165, 1.54) is 6.07 Å². The molecular formula is C17H14FN3S. The molecule has 1 aromatic carbocycles. The third kappa shape index (κ3) is 2.63. The van der Waals surface area contributed by atoms with E-state index in [0.29, 0.717) is 29.1 Å². The second kappa shape index (κ2) is 6.07. The maximum Gasteiger partial charge on any atom is 0.131 e. The lowest BCUT2D eigenvalue weighted by Crippen LogP contribution is -2.02. The molecule has 0 radical (unpaired) electrons. The maximum absolute atomic E-state index is 14.2. The number of anilines is 1. The van der Waals surface area contributed by atoms with Crippen LogP contribution >= 0.6 is 11.3 Å². The topological polar surface area (TPSA) is 51.3 Å². The van der Waals surface area contributed by atoms with Gasteiger partial charge in [-0.3, -0.25) is 4.99 Å². The quantitative estimate of drug-likeness (QED) is 0.726. The minimum Gasteiger partial charge on any atom is -0.383 e. The molecule has 22 heavy (non-hydrogen) atoms. The van der Waals surface area contributed by atoms with Gasteiger partial charge in [-0.05, 0) is 35.9 Å². The average molecular weight is 311 g/mol. The lowest BCUT2D eigenvalue weighted by molar-refractivity contribution is 0.631. The van der Waals surface area contributed by atoms with Gasteiger partial charge in [-0.25, -0.2) is 9.37 Å². The molecule has 0 bridgehead atoms. The highest BCUT2D eigenvalue weighted by atomic mass is 32.1. The molecule has 3 nitrogen and oxygen atoms in total. The average Bonchev–Trinajstić information content (AvgIpc) is 3.04. The van der Waals surface area contributed by atoms with Crippen molar-refractivity contribution in [1.82, 2.24) is 4.98 Å². The minimum absolute atomic E-state index is 0.296. The molecule has 2 N–H and O–H groups in total. The van der Waals surface area contributed by atoms with Crippen LogP contribution in [0.1, 0.15) is 5.56 Å². The van der Waals surface area contributed by atoms with Gasteiger partial charge in [0.1, 0.15) is 11.6 Å². The number of thiophene rings is 1. The Morgan fingerprint density at radius 3 is 2.68 bits per heavy atom. The van der Waals surface area contributed by atoms with E-state index in [1.54, 1.807) is 29.5 Å². The summed E-state index contributed by atoms with van der Waals surface area (Å²) in [6, 6.07) is 12.4. The van der Waals surface area contributed by atoms with Gasteiger partial charge in [0.15, 0.2) is 0 Å². The zero-order valence-corrected chi connectivity index (χ0v) is 12.6. The van der Waals surface area contributed by atoms with Gasteiger partial charge in [0.25, 0.3) is 0 Å². The number of nitrogens with two attached hydrogens (primary N) is 1. The first-order valence-corrected chi connectivity index (χ1v) is 7.59. The van der Waals surface area contributed by atoms with Crippen LogP contribution in [0.4, 0.5) is 10.2 Å². The fourth-order valence-corrected chi connectivity index (χ4v) is 3.03. The largest absolute Gasteiger partial charge is 0.383 e. The molecule has 3 aromatic rings. The van der Waals surface area contributed by atoms with Crippen LogP contribution in [-0.2, 0) is 6.54 Å². The molecule has 0 amide bonds. The van der Waals surface area contributed by atoms with Crippen LogP contribution in [-0.4, -0.2) is 11.7 Å². The van der Waals surface area contributed by atoms with Crippen molar-refractivity contribution in [3.63, 3.8) is 0 Å². The Kier molecular flexibility index (Phi) is 3.98. The Morgan fingerprint density at radius 1 is 1.18 bits per heavy atom. The van der Waals surface area contributed by atoms with E-state index in [2.05, 4.69) is 16.7 Å². The molecule has 0 spiro atoms. The summed E-state index contributed by atoms with van der Waals surface area (Å²) in [4.78, 5) is 9.30. The fraction of sp³-hybridized carbons (Fsp3) is 0.0588. The first-order chi connectivity index (χ1) is 10.7.